The Morgan fingerprint density at radius 3 is 1.94 bits per heavy atom. The third kappa shape index (κ3) is 17.5. The van der Waals surface area contributed by atoms with Crippen LogP contribution in [0.4, 0.5) is 5.69 Å². The number of esters is 2. The van der Waals surface area contributed by atoms with Crippen LogP contribution in [0, 0.1) is 5.92 Å². The second-order valence-electron chi connectivity index (χ2n) is 17.2. The van der Waals surface area contributed by atoms with Crippen LogP contribution >= 0.6 is 0 Å². The highest BCUT2D eigenvalue weighted by Crippen LogP contribution is 2.34. The van der Waals surface area contributed by atoms with E-state index >= 15 is 0 Å². The van der Waals surface area contributed by atoms with E-state index in [4.69, 9.17) is 33.2 Å². The first kappa shape index (κ1) is 54.6. The molecule has 2 aliphatic heterocycles. The van der Waals surface area contributed by atoms with E-state index in [-0.39, 0.29) is 19.1 Å². The van der Waals surface area contributed by atoms with Gasteiger partial charge in [0.25, 0.3) is 0 Å². The summed E-state index contributed by atoms with van der Waals surface area (Å²) in [4.78, 5) is 26.8. The molecular formula is C45H77NO17. The molecule has 0 saturated carbocycles. The second-order valence-corrected chi connectivity index (χ2v) is 17.2. The first-order valence-corrected chi connectivity index (χ1v) is 22.8. The minimum Gasteiger partial charge on any atom is -0.497 e. The lowest BCUT2D eigenvalue weighted by atomic mass is 9.96. The van der Waals surface area contributed by atoms with Gasteiger partial charge in [0.1, 0.15) is 54.6 Å². The van der Waals surface area contributed by atoms with Crippen molar-refractivity contribution in [2.45, 2.75) is 210 Å². The number of aliphatic hydroxyl groups excluding tert-OH is 8. The van der Waals surface area contributed by atoms with Crippen LogP contribution in [0.5, 0.6) is 5.75 Å². The Kier molecular flexibility index (Phi) is 24.6. The fourth-order valence-corrected chi connectivity index (χ4v) is 7.50. The highest BCUT2D eigenvalue weighted by Gasteiger charge is 2.54. The van der Waals surface area contributed by atoms with Crippen LogP contribution in [-0.2, 0) is 38.0 Å². The molecule has 0 bridgehead atoms. The van der Waals surface area contributed by atoms with Gasteiger partial charge in [-0.1, -0.05) is 78.6 Å². The van der Waals surface area contributed by atoms with Crippen LogP contribution in [-0.4, -0.2) is 165 Å². The smallest absolute Gasteiger partial charge is 0.308 e. The van der Waals surface area contributed by atoms with Gasteiger partial charge < -0.3 is 79.3 Å². The Bertz CT molecular complexity index is 1420. The van der Waals surface area contributed by atoms with Crippen molar-refractivity contribution < 1.29 is 83.6 Å². The van der Waals surface area contributed by atoms with Crippen molar-refractivity contribution in [3.8, 4) is 5.75 Å². The molecular weight excluding hydrogens is 826 g/mol. The van der Waals surface area contributed by atoms with Crippen LogP contribution < -0.4 is 10.1 Å². The number of methoxy groups -OCH3 is 1. The summed E-state index contributed by atoms with van der Waals surface area (Å²) in [5, 5.41) is 87.5. The number of hydrogen-bond acceptors (Lipinski definition) is 18. The number of nitrogens with one attached hydrogen (secondary N) is 1. The van der Waals surface area contributed by atoms with Crippen molar-refractivity contribution in [3.63, 3.8) is 0 Å². The van der Waals surface area contributed by atoms with Gasteiger partial charge in [0, 0.05) is 18.7 Å². The zero-order chi connectivity index (χ0) is 46.6. The Morgan fingerprint density at radius 1 is 0.730 bits per heavy atom. The third-order valence-corrected chi connectivity index (χ3v) is 11.6. The van der Waals surface area contributed by atoms with Crippen molar-refractivity contribution in [1.29, 1.82) is 0 Å². The van der Waals surface area contributed by atoms with Gasteiger partial charge in [0.2, 0.25) is 0 Å². The molecule has 2 aliphatic rings. The van der Waals surface area contributed by atoms with Crippen LogP contribution in [0.3, 0.4) is 0 Å². The summed E-state index contributed by atoms with van der Waals surface area (Å²) < 4.78 is 41.8. The Hall–Kier alpha value is -2.72. The molecule has 9 N–H and O–H groups in total. The lowest BCUT2D eigenvalue weighted by Gasteiger charge is -2.48. The molecule has 0 unspecified atom stereocenters. The minimum atomic E-state index is -1.92. The molecule has 0 spiro atoms. The molecule has 0 aliphatic carbocycles. The van der Waals surface area contributed by atoms with Gasteiger partial charge in [0.05, 0.1) is 37.9 Å². The van der Waals surface area contributed by atoms with E-state index in [1.807, 2.05) is 0 Å². The van der Waals surface area contributed by atoms with E-state index in [0.29, 0.717) is 17.9 Å². The number of hydrogen-bond donors (Lipinski definition) is 9. The highest BCUT2D eigenvalue weighted by atomic mass is 16.8. The van der Waals surface area contributed by atoms with Crippen LogP contribution in [0.15, 0.2) is 24.3 Å². The summed E-state index contributed by atoms with van der Waals surface area (Å²) in [5.74, 6) is -1.41. The number of anilines is 1. The van der Waals surface area contributed by atoms with Crippen LogP contribution in [0.2, 0.25) is 0 Å². The molecule has 18 heteroatoms. The topological polar surface area (TPSA) is 273 Å². The summed E-state index contributed by atoms with van der Waals surface area (Å²) in [6, 6.07) is 6.74. The largest absolute Gasteiger partial charge is 0.497 e. The first-order chi connectivity index (χ1) is 30.0. The van der Waals surface area contributed by atoms with Gasteiger partial charge in [-0.3, -0.25) is 9.59 Å². The maximum atomic E-state index is 13.7. The van der Waals surface area contributed by atoms with Gasteiger partial charge in [0.15, 0.2) is 24.8 Å². The molecule has 18 nitrogen and oxygen atoms in total. The predicted molar refractivity (Wildman–Crippen MR) is 229 cm³/mol. The van der Waals surface area contributed by atoms with E-state index in [1.54, 1.807) is 38.1 Å². The quantitative estimate of drug-likeness (QED) is 0.0413. The van der Waals surface area contributed by atoms with E-state index in [0.717, 1.165) is 70.6 Å². The van der Waals surface area contributed by atoms with Crippen molar-refractivity contribution in [3.05, 3.63) is 24.3 Å². The lowest BCUT2D eigenvalue weighted by molar-refractivity contribution is -0.361. The molecule has 63 heavy (non-hydrogen) atoms. The summed E-state index contributed by atoms with van der Waals surface area (Å²) in [6.45, 7) is 7.22. The Balaban J connectivity index is 1.87. The molecule has 15 atom stereocenters. The number of carbonyl (C=O) groups is 2. The Morgan fingerprint density at radius 2 is 1.33 bits per heavy atom. The molecule has 2 heterocycles. The molecule has 1 aromatic carbocycles. The van der Waals surface area contributed by atoms with Gasteiger partial charge >= 0.3 is 11.9 Å². The molecule has 2 fully saturated rings. The summed E-state index contributed by atoms with van der Waals surface area (Å²) in [7, 11) is 1.51. The SMILES string of the molecule is CCCCC[C@H](O)CCCCCCCCCC(=O)O[C@H]1[C@H](O[C@@H](CNc2ccc(OC)cc2)[C@@H](O)[C@H](O)[C@H](O)CO)O[C@@H](C)[C@H](OC(=O)C(C)C)[C@H]1O[C@@H]1O[C@@H](C)[C@H](O)[C@@H](O)[C@H]1O. The fourth-order valence-electron chi connectivity index (χ4n) is 7.50. The van der Waals surface area contributed by atoms with E-state index in [9.17, 15) is 50.4 Å². The molecule has 0 aromatic heterocycles. The highest BCUT2D eigenvalue weighted by molar-refractivity contribution is 5.72. The fraction of sp³-hybridized carbons (Fsp3) is 0.822. The summed E-state index contributed by atoms with van der Waals surface area (Å²) in [5.41, 5.74) is 0.548. The summed E-state index contributed by atoms with van der Waals surface area (Å²) >= 11 is 0. The standard InChI is InChI=1S/C45H77NO17/c1-7-8-14-17-30(48)18-15-12-10-9-11-13-16-19-34(50)61-42-41(63-44-39(55)38(54)35(51)27(4)58-44)40(62-43(56)26(2)3)28(5)59-45(42)60-33(37(53)36(52)32(49)25-47)24-46-29-20-22-31(57-6)23-21-29/h20-23,26-28,30,32-33,35-42,44-49,51-55H,7-19,24-25H2,1-6H3/t27-,28-,30-,32+,33-,35-,36+,37+,38+,39+,40-,41+,42+,44-,45-/m0/s1. The van der Waals surface area contributed by atoms with Gasteiger partial charge in [-0.05, 0) is 57.4 Å². The number of rotatable bonds is 29. The van der Waals surface area contributed by atoms with Crippen molar-refractivity contribution >= 4 is 17.6 Å². The van der Waals surface area contributed by atoms with Crippen molar-refractivity contribution in [2.24, 2.45) is 5.92 Å². The molecule has 364 valence electrons. The van der Waals surface area contributed by atoms with E-state index in [2.05, 4.69) is 12.2 Å². The number of benzene rings is 1. The number of aliphatic hydroxyl groups is 8. The van der Waals surface area contributed by atoms with Gasteiger partial charge in [-0.2, -0.15) is 0 Å². The average Bonchev–Trinajstić information content (AvgIpc) is 3.26. The molecule has 0 radical (unpaired) electrons. The second kappa shape index (κ2) is 28.3. The number of ether oxygens (including phenoxy) is 7. The lowest BCUT2D eigenvalue weighted by Crippen LogP contribution is -2.65. The van der Waals surface area contributed by atoms with Crippen LogP contribution in [0.1, 0.15) is 118 Å². The van der Waals surface area contributed by atoms with E-state index < -0.39 is 110 Å². The maximum Gasteiger partial charge on any atom is 0.308 e. The molecule has 2 saturated heterocycles. The number of unbranched alkanes of at least 4 members (excludes halogenated alkanes) is 8. The van der Waals surface area contributed by atoms with Crippen LogP contribution in [0.25, 0.3) is 0 Å². The zero-order valence-electron chi connectivity index (χ0n) is 37.9. The average molecular weight is 904 g/mol. The van der Waals surface area contributed by atoms with Crippen molar-refractivity contribution in [2.75, 3.05) is 25.6 Å². The van der Waals surface area contributed by atoms with Gasteiger partial charge in [-0.25, -0.2) is 0 Å². The molecule has 3 rings (SSSR count). The maximum absolute atomic E-state index is 13.7. The first-order valence-electron chi connectivity index (χ1n) is 22.8. The van der Waals surface area contributed by atoms with Crippen molar-refractivity contribution in [1.82, 2.24) is 0 Å². The Labute approximate surface area is 372 Å². The summed E-state index contributed by atoms with van der Waals surface area (Å²) in [6.07, 6.45) is -11.2. The molecule has 0 amide bonds. The van der Waals surface area contributed by atoms with E-state index in [1.165, 1.54) is 21.0 Å². The predicted octanol–water partition coefficient (Wildman–Crippen LogP) is 2.46. The van der Waals surface area contributed by atoms with Gasteiger partial charge in [-0.15, -0.1) is 0 Å². The zero-order valence-corrected chi connectivity index (χ0v) is 37.9. The third-order valence-electron chi connectivity index (χ3n) is 11.6. The normalized spacial score (nSPS) is 28.7. The number of carbonyl (C=O) groups excluding carboxylic acids is 2. The monoisotopic (exact) mass is 904 g/mol. The minimum absolute atomic E-state index is 0.0388. The molecule has 1 aromatic rings.